The summed E-state index contributed by atoms with van der Waals surface area (Å²) in [5.74, 6) is -2.65. The molecule has 0 spiro atoms. The summed E-state index contributed by atoms with van der Waals surface area (Å²) in [6, 6.07) is 21.1. The number of oxime groups is 1. The number of carbonyl (C=O) groups excluding carboxylic acids is 3. The van der Waals surface area contributed by atoms with Gasteiger partial charge in [-0.25, -0.2) is 9.36 Å². The van der Waals surface area contributed by atoms with Crippen molar-refractivity contribution in [2.45, 2.75) is 30.5 Å². The Hall–Kier alpha value is -5.87. The van der Waals surface area contributed by atoms with Gasteiger partial charge in [-0.15, -0.1) is 11.8 Å². The molecule has 1 fully saturated rings. The Bertz CT molecular complexity index is 2000. The molecule has 4 N–H and O–H groups in total. The maximum atomic E-state index is 14.3. The van der Waals surface area contributed by atoms with Gasteiger partial charge < -0.3 is 25.7 Å². The molecular weight excluding hydrogens is 695 g/mol. The molecule has 0 saturated carbocycles. The van der Waals surface area contributed by atoms with Gasteiger partial charge in [-0.05, 0) is 28.8 Å². The van der Waals surface area contributed by atoms with Crippen LogP contribution in [0.25, 0.3) is 0 Å². The topological polar surface area (TPSA) is 190 Å². The number of hydrogen-bond donors (Lipinski definition) is 3. The fraction of sp³-hybridized carbons (Fsp3) is 0.200. The smallest absolute Gasteiger partial charge is 0.356 e. The van der Waals surface area contributed by atoms with E-state index in [4.69, 9.17) is 15.3 Å². The average molecular weight is 727 g/mol. The lowest BCUT2D eigenvalue weighted by molar-refractivity contribution is -0.687. The third-order valence-electron chi connectivity index (χ3n) is 7.87. The van der Waals surface area contributed by atoms with Crippen LogP contribution in [0.4, 0.5) is 5.13 Å². The Kier molecular flexibility index (Phi) is 10.8. The van der Waals surface area contributed by atoms with E-state index < -0.39 is 41.3 Å². The van der Waals surface area contributed by atoms with Crippen LogP contribution >= 0.6 is 23.3 Å². The van der Waals surface area contributed by atoms with Gasteiger partial charge in [0.05, 0.1) is 6.42 Å². The van der Waals surface area contributed by atoms with Gasteiger partial charge in [0.2, 0.25) is 11.5 Å². The number of pyridine rings is 1. The molecule has 1 unspecified atom stereocenters. The molecule has 6 rings (SSSR count). The molecule has 4 aromatic rings. The van der Waals surface area contributed by atoms with Crippen LogP contribution in [-0.4, -0.2) is 73.1 Å². The highest BCUT2D eigenvalue weighted by Gasteiger charge is 2.55. The van der Waals surface area contributed by atoms with Crippen LogP contribution in [0.1, 0.15) is 28.6 Å². The Morgan fingerprint density at radius 2 is 1.82 bits per heavy atom. The number of anilines is 1. The van der Waals surface area contributed by atoms with Crippen molar-refractivity contribution in [3.63, 3.8) is 0 Å². The third-order valence-corrected chi connectivity index (χ3v) is 9.71. The first kappa shape index (κ1) is 35.0. The van der Waals surface area contributed by atoms with Crippen molar-refractivity contribution >= 4 is 57.9 Å². The third kappa shape index (κ3) is 7.97. The Labute approximate surface area is 300 Å². The minimum Gasteiger partial charge on any atom is -0.481 e. The largest absolute Gasteiger partial charge is 0.481 e. The monoisotopic (exact) mass is 726 g/mol. The lowest BCUT2D eigenvalue weighted by atomic mass is 10.0. The SMILES string of the molecule is CON=C(C(=O)NC1C(=O)N2C(C(=O)OC(c3ccccc3)c3ccccc3)=C(C=CC[n+]3cccc(CC(=O)O)c3)CS[C@@H]12)c1nsc(N)n1. The van der Waals surface area contributed by atoms with Gasteiger partial charge in [-0.3, -0.25) is 19.3 Å². The molecule has 0 bridgehead atoms. The number of benzene rings is 2. The molecule has 2 aromatic heterocycles. The number of nitrogen functional groups attached to an aromatic ring is 1. The van der Waals surface area contributed by atoms with Crippen molar-refractivity contribution in [2.75, 3.05) is 18.6 Å². The second kappa shape index (κ2) is 15.8. The van der Waals surface area contributed by atoms with Crippen molar-refractivity contribution < 1.29 is 38.4 Å². The van der Waals surface area contributed by atoms with E-state index >= 15 is 0 Å². The molecule has 4 heterocycles. The molecule has 2 atom stereocenters. The van der Waals surface area contributed by atoms with Gasteiger partial charge >= 0.3 is 11.9 Å². The highest BCUT2D eigenvalue weighted by atomic mass is 32.2. The molecule has 2 aliphatic heterocycles. The van der Waals surface area contributed by atoms with E-state index in [0.717, 1.165) is 22.7 Å². The number of rotatable bonds is 13. The number of carboxylic acid groups (broad SMARTS) is 1. The van der Waals surface area contributed by atoms with Crippen LogP contribution in [0.5, 0.6) is 0 Å². The van der Waals surface area contributed by atoms with Crippen molar-refractivity contribution in [3.8, 4) is 0 Å². The van der Waals surface area contributed by atoms with Gasteiger partial charge in [0.15, 0.2) is 30.2 Å². The minimum absolute atomic E-state index is 0.0485. The first-order valence-corrected chi connectivity index (χ1v) is 17.4. The van der Waals surface area contributed by atoms with Crippen molar-refractivity contribution in [1.82, 2.24) is 19.6 Å². The maximum absolute atomic E-state index is 14.3. The molecule has 0 radical (unpaired) electrons. The lowest BCUT2D eigenvalue weighted by Gasteiger charge is -2.49. The van der Waals surface area contributed by atoms with Crippen LogP contribution in [0.15, 0.2) is 114 Å². The van der Waals surface area contributed by atoms with Gasteiger partial charge in [-0.2, -0.15) is 9.36 Å². The Morgan fingerprint density at radius 3 is 2.45 bits per heavy atom. The molecule has 14 nitrogen and oxygen atoms in total. The molecule has 2 amide bonds. The number of nitrogens with one attached hydrogen (secondary N) is 1. The number of hydrogen-bond acceptors (Lipinski definition) is 12. The highest BCUT2D eigenvalue weighted by Crippen LogP contribution is 2.42. The second-order valence-corrected chi connectivity index (χ2v) is 13.2. The Morgan fingerprint density at radius 1 is 1.12 bits per heavy atom. The number of ether oxygens (including phenoxy) is 1. The molecule has 16 heteroatoms. The minimum atomic E-state index is -1.000. The summed E-state index contributed by atoms with van der Waals surface area (Å²) in [4.78, 5) is 62.8. The summed E-state index contributed by atoms with van der Waals surface area (Å²) >= 11 is 2.25. The number of carboxylic acids is 1. The van der Waals surface area contributed by atoms with E-state index in [9.17, 15) is 24.3 Å². The summed E-state index contributed by atoms with van der Waals surface area (Å²) in [5, 5.41) is 15.1. The number of fused-ring (bicyclic) bond motifs is 1. The molecular formula is C35H32N7O7S2+. The Balaban J connectivity index is 1.29. The standard InChI is InChI=1S/C35H31N7O7S2/c1-48-39-26(30-38-35(36)51-40-30)31(45)37-27-32(46)42-28(34(47)49-29(22-11-4-2-5-12-22)23-13-6-3-7-14-23)24(20-50-33(27)42)15-9-17-41-16-8-10-21(19-41)18-25(43)44/h2-16,19,27,29,33H,17-18,20H2,1H3,(H3-,36,37,38,40,43,44,45)/p+1/t27?,33-/m0/s1. The first-order valence-electron chi connectivity index (χ1n) is 15.6. The highest BCUT2D eigenvalue weighted by molar-refractivity contribution is 8.00. The number of esters is 1. The number of β-lactam (4-membered cyclic amide) rings is 1. The van der Waals surface area contributed by atoms with Gasteiger partial charge in [0, 0.05) is 28.9 Å². The van der Waals surface area contributed by atoms with E-state index in [1.807, 2.05) is 71.3 Å². The number of nitrogens with two attached hydrogens (primary N) is 1. The van der Waals surface area contributed by atoms with E-state index in [1.165, 1.54) is 23.8 Å². The summed E-state index contributed by atoms with van der Waals surface area (Å²) in [6.45, 7) is 0.368. The molecule has 260 valence electrons. The van der Waals surface area contributed by atoms with Crippen LogP contribution in [0, 0.1) is 0 Å². The number of nitrogens with zero attached hydrogens (tertiary/aromatic N) is 5. The first-order chi connectivity index (χ1) is 24.7. The molecule has 1 saturated heterocycles. The maximum Gasteiger partial charge on any atom is 0.356 e. The quantitative estimate of drug-likeness (QED) is 0.0604. The fourth-order valence-corrected chi connectivity index (χ4v) is 7.36. The predicted octanol–water partition coefficient (Wildman–Crippen LogP) is 2.63. The van der Waals surface area contributed by atoms with E-state index in [0.29, 0.717) is 23.4 Å². The van der Waals surface area contributed by atoms with Crippen LogP contribution < -0.4 is 15.6 Å². The molecule has 2 aliphatic rings. The number of aliphatic carboxylic acids is 1. The lowest BCUT2D eigenvalue weighted by Crippen LogP contribution is -2.71. The van der Waals surface area contributed by atoms with Gasteiger partial charge in [0.1, 0.15) is 24.2 Å². The number of amides is 2. The van der Waals surface area contributed by atoms with E-state index in [-0.39, 0.29) is 28.8 Å². The number of carbonyl (C=O) groups is 4. The number of allylic oxidation sites excluding steroid dienone is 2. The zero-order chi connectivity index (χ0) is 35.9. The van der Waals surface area contributed by atoms with Crippen molar-refractivity contribution in [3.05, 3.63) is 131 Å². The summed E-state index contributed by atoms with van der Waals surface area (Å²) in [5.41, 5.74) is 8.18. The van der Waals surface area contributed by atoms with Crippen molar-refractivity contribution in [1.29, 1.82) is 0 Å². The van der Waals surface area contributed by atoms with Crippen molar-refractivity contribution in [2.24, 2.45) is 5.16 Å². The van der Waals surface area contributed by atoms with Crippen LogP contribution in [-0.2, 0) is 41.7 Å². The normalized spacial score (nSPS) is 17.3. The predicted molar refractivity (Wildman–Crippen MR) is 188 cm³/mol. The average Bonchev–Trinajstić information content (AvgIpc) is 3.57. The molecule has 0 aliphatic carbocycles. The molecule has 51 heavy (non-hydrogen) atoms. The summed E-state index contributed by atoms with van der Waals surface area (Å²) < 4.78 is 12.1. The van der Waals surface area contributed by atoms with E-state index in [2.05, 4.69) is 19.8 Å². The van der Waals surface area contributed by atoms with Crippen LogP contribution in [0.3, 0.4) is 0 Å². The zero-order valence-corrected chi connectivity index (χ0v) is 28.8. The van der Waals surface area contributed by atoms with E-state index in [1.54, 1.807) is 30.6 Å². The van der Waals surface area contributed by atoms with Gasteiger partial charge in [0.25, 0.3) is 11.8 Å². The number of thioether (sulfide) groups is 1. The fourth-order valence-electron chi connectivity index (χ4n) is 5.61. The van der Waals surface area contributed by atoms with Crippen LogP contribution in [0.2, 0.25) is 0 Å². The summed E-state index contributed by atoms with van der Waals surface area (Å²) in [7, 11) is 1.26. The zero-order valence-electron chi connectivity index (χ0n) is 27.1. The second-order valence-electron chi connectivity index (χ2n) is 11.3. The van der Waals surface area contributed by atoms with Gasteiger partial charge in [-0.1, -0.05) is 71.9 Å². The number of aromatic nitrogens is 3. The molecule has 2 aromatic carbocycles. The summed E-state index contributed by atoms with van der Waals surface area (Å²) in [6.07, 6.45) is 6.24.